The molecule has 1 amide bonds. The van der Waals surface area contributed by atoms with Gasteiger partial charge in [0.1, 0.15) is 6.54 Å². The van der Waals surface area contributed by atoms with E-state index >= 15 is 0 Å². The molecule has 1 aromatic heterocycles. The first-order chi connectivity index (χ1) is 8.34. The van der Waals surface area contributed by atoms with Crippen molar-refractivity contribution in [1.82, 2.24) is 9.88 Å². The van der Waals surface area contributed by atoms with E-state index in [2.05, 4.69) is 21.2 Å². The molecule has 1 rings (SSSR count). The first-order valence-electron chi connectivity index (χ1n) is 5.62. The Kier molecular flexibility index (Phi) is 5.10. The highest BCUT2D eigenvalue weighted by Gasteiger charge is 2.19. The van der Waals surface area contributed by atoms with Crippen LogP contribution in [0, 0.1) is 0 Å². The third-order valence-corrected chi connectivity index (χ3v) is 2.95. The summed E-state index contributed by atoms with van der Waals surface area (Å²) in [7, 11) is 0. The quantitative estimate of drug-likeness (QED) is 0.847. The van der Waals surface area contributed by atoms with Gasteiger partial charge in [0, 0.05) is 28.9 Å². The van der Waals surface area contributed by atoms with Crippen molar-refractivity contribution in [2.24, 2.45) is 0 Å². The van der Waals surface area contributed by atoms with E-state index < -0.39 is 5.54 Å². The van der Waals surface area contributed by atoms with Crippen LogP contribution in [0.25, 0.3) is 0 Å². The molecule has 0 saturated carbocycles. The first-order valence-corrected chi connectivity index (χ1v) is 6.41. The summed E-state index contributed by atoms with van der Waals surface area (Å²) in [6.07, 6.45) is 2.03. The largest absolute Gasteiger partial charge is 0.396 e. The Morgan fingerprint density at radius 2 is 2.17 bits per heavy atom. The van der Waals surface area contributed by atoms with E-state index in [4.69, 9.17) is 5.11 Å². The van der Waals surface area contributed by atoms with Crippen molar-refractivity contribution in [3.05, 3.63) is 33.2 Å². The van der Waals surface area contributed by atoms with E-state index in [1.807, 2.05) is 13.8 Å². The van der Waals surface area contributed by atoms with Crippen LogP contribution in [-0.4, -0.2) is 27.7 Å². The van der Waals surface area contributed by atoms with Crippen LogP contribution >= 0.6 is 15.9 Å². The van der Waals surface area contributed by atoms with Crippen molar-refractivity contribution in [1.29, 1.82) is 0 Å². The molecule has 6 heteroatoms. The summed E-state index contributed by atoms with van der Waals surface area (Å²) in [4.78, 5) is 23.3. The summed E-state index contributed by atoms with van der Waals surface area (Å²) in [6.45, 7) is 3.62. The number of nitrogens with one attached hydrogen (secondary N) is 1. The number of hydrogen-bond acceptors (Lipinski definition) is 3. The molecular formula is C12H17BrN2O3. The van der Waals surface area contributed by atoms with Crippen molar-refractivity contribution < 1.29 is 9.90 Å². The van der Waals surface area contributed by atoms with E-state index in [1.54, 1.807) is 12.3 Å². The zero-order valence-corrected chi connectivity index (χ0v) is 12.0. The predicted molar refractivity (Wildman–Crippen MR) is 72.3 cm³/mol. The van der Waals surface area contributed by atoms with Gasteiger partial charge in [-0.1, -0.05) is 0 Å². The molecule has 0 saturated heterocycles. The van der Waals surface area contributed by atoms with Crippen molar-refractivity contribution in [3.8, 4) is 0 Å². The second kappa shape index (κ2) is 6.15. The van der Waals surface area contributed by atoms with Gasteiger partial charge >= 0.3 is 0 Å². The Morgan fingerprint density at radius 3 is 2.78 bits per heavy atom. The van der Waals surface area contributed by atoms with Crippen molar-refractivity contribution in [2.45, 2.75) is 32.4 Å². The summed E-state index contributed by atoms with van der Waals surface area (Å²) in [5.41, 5.74) is -0.713. The van der Waals surface area contributed by atoms with Crippen LogP contribution in [0.15, 0.2) is 27.6 Å². The van der Waals surface area contributed by atoms with Crippen LogP contribution < -0.4 is 10.9 Å². The highest BCUT2D eigenvalue weighted by atomic mass is 79.9. The third-order valence-electron chi connectivity index (χ3n) is 2.48. The Balaban J connectivity index is 2.71. The molecule has 0 aliphatic carbocycles. The molecule has 1 heterocycles. The van der Waals surface area contributed by atoms with Gasteiger partial charge in [0.25, 0.3) is 5.56 Å². The minimum absolute atomic E-state index is 0.00408. The lowest BCUT2D eigenvalue weighted by Crippen LogP contribution is -2.46. The number of pyridine rings is 1. The van der Waals surface area contributed by atoms with Gasteiger partial charge in [-0.3, -0.25) is 9.59 Å². The minimum Gasteiger partial charge on any atom is -0.396 e. The highest BCUT2D eigenvalue weighted by Crippen LogP contribution is 2.08. The fourth-order valence-electron chi connectivity index (χ4n) is 1.54. The standard InChI is InChI=1S/C12H17BrN2O3/c1-12(2,5-6-16)14-10(17)8-15-7-9(13)3-4-11(15)18/h3-4,7,16H,5-6,8H2,1-2H3,(H,14,17). The number of halogens is 1. The number of aliphatic hydroxyl groups excluding tert-OH is 1. The molecule has 18 heavy (non-hydrogen) atoms. The molecule has 0 spiro atoms. The van der Waals surface area contributed by atoms with Gasteiger partial charge in [-0.2, -0.15) is 0 Å². The van der Waals surface area contributed by atoms with Gasteiger partial charge < -0.3 is 15.0 Å². The Morgan fingerprint density at radius 1 is 1.50 bits per heavy atom. The molecule has 100 valence electrons. The number of carbonyl (C=O) groups is 1. The van der Waals surface area contributed by atoms with E-state index in [-0.39, 0.29) is 24.6 Å². The molecule has 0 aliphatic rings. The first kappa shape index (κ1) is 14.9. The maximum atomic E-state index is 11.8. The molecule has 0 atom stereocenters. The fraction of sp³-hybridized carbons (Fsp3) is 0.500. The van der Waals surface area contributed by atoms with Gasteiger partial charge in [-0.15, -0.1) is 0 Å². The topological polar surface area (TPSA) is 71.3 Å². The van der Waals surface area contributed by atoms with E-state index in [9.17, 15) is 9.59 Å². The van der Waals surface area contributed by atoms with Crippen LogP contribution in [-0.2, 0) is 11.3 Å². The Bertz CT molecular complexity index is 482. The van der Waals surface area contributed by atoms with Crippen molar-refractivity contribution >= 4 is 21.8 Å². The summed E-state index contributed by atoms with van der Waals surface area (Å²) < 4.78 is 2.07. The molecule has 2 N–H and O–H groups in total. The van der Waals surface area contributed by atoms with Crippen LogP contribution in [0.1, 0.15) is 20.3 Å². The normalized spacial score (nSPS) is 11.3. The summed E-state index contributed by atoms with van der Waals surface area (Å²) >= 11 is 3.25. The van der Waals surface area contributed by atoms with Crippen LogP contribution in [0.3, 0.4) is 0 Å². The van der Waals surface area contributed by atoms with Crippen molar-refractivity contribution in [3.63, 3.8) is 0 Å². The number of hydrogen-bond donors (Lipinski definition) is 2. The molecule has 5 nitrogen and oxygen atoms in total. The summed E-state index contributed by atoms with van der Waals surface area (Å²) in [5, 5.41) is 11.7. The molecule has 0 aliphatic heterocycles. The maximum Gasteiger partial charge on any atom is 0.251 e. The molecular weight excluding hydrogens is 300 g/mol. The minimum atomic E-state index is -0.485. The highest BCUT2D eigenvalue weighted by molar-refractivity contribution is 9.10. The van der Waals surface area contributed by atoms with E-state index in [1.165, 1.54) is 10.6 Å². The lowest BCUT2D eigenvalue weighted by molar-refractivity contribution is -0.123. The number of aromatic nitrogens is 1. The second-order valence-electron chi connectivity index (χ2n) is 4.72. The SMILES string of the molecule is CC(C)(CCO)NC(=O)Cn1cc(Br)ccc1=O. The number of carbonyl (C=O) groups excluding carboxylic acids is 1. The van der Waals surface area contributed by atoms with Gasteiger partial charge in [0.2, 0.25) is 5.91 Å². The number of aliphatic hydroxyl groups is 1. The fourth-order valence-corrected chi connectivity index (χ4v) is 1.92. The van der Waals surface area contributed by atoms with Gasteiger partial charge in [-0.25, -0.2) is 0 Å². The average Bonchev–Trinajstić information content (AvgIpc) is 2.22. The van der Waals surface area contributed by atoms with Crippen molar-refractivity contribution in [2.75, 3.05) is 6.61 Å². The summed E-state index contributed by atoms with van der Waals surface area (Å²) in [6, 6.07) is 3.03. The lowest BCUT2D eigenvalue weighted by atomic mass is 10.0. The molecule has 0 bridgehead atoms. The molecule has 0 aromatic carbocycles. The smallest absolute Gasteiger partial charge is 0.251 e. The number of rotatable bonds is 5. The van der Waals surface area contributed by atoms with Gasteiger partial charge in [0.05, 0.1) is 0 Å². The van der Waals surface area contributed by atoms with Crippen LogP contribution in [0.2, 0.25) is 0 Å². The monoisotopic (exact) mass is 316 g/mol. The Hall–Kier alpha value is -1.14. The maximum absolute atomic E-state index is 11.8. The molecule has 1 aromatic rings. The molecule has 0 radical (unpaired) electrons. The van der Waals surface area contributed by atoms with Crippen LogP contribution in [0.5, 0.6) is 0 Å². The number of nitrogens with zero attached hydrogens (tertiary/aromatic N) is 1. The van der Waals surface area contributed by atoms with Crippen LogP contribution in [0.4, 0.5) is 0 Å². The van der Waals surface area contributed by atoms with E-state index in [0.29, 0.717) is 6.42 Å². The average molecular weight is 317 g/mol. The predicted octanol–water partition coefficient (Wildman–Crippen LogP) is 0.888. The Labute approximate surface area is 114 Å². The molecule has 0 fully saturated rings. The zero-order chi connectivity index (χ0) is 13.8. The molecule has 0 unspecified atom stereocenters. The lowest BCUT2D eigenvalue weighted by Gasteiger charge is -2.25. The number of amides is 1. The van der Waals surface area contributed by atoms with Gasteiger partial charge in [0.15, 0.2) is 0 Å². The summed E-state index contributed by atoms with van der Waals surface area (Å²) in [5.74, 6) is -0.256. The zero-order valence-electron chi connectivity index (χ0n) is 10.4. The van der Waals surface area contributed by atoms with E-state index in [0.717, 1.165) is 4.47 Å². The van der Waals surface area contributed by atoms with Gasteiger partial charge in [-0.05, 0) is 42.3 Å². The second-order valence-corrected chi connectivity index (χ2v) is 5.63. The third kappa shape index (κ3) is 4.62.